The lowest BCUT2D eigenvalue weighted by Gasteiger charge is -2.32. The van der Waals surface area contributed by atoms with Crippen molar-refractivity contribution in [1.82, 2.24) is 0 Å². The van der Waals surface area contributed by atoms with E-state index in [0.29, 0.717) is 6.42 Å². The van der Waals surface area contributed by atoms with Gasteiger partial charge in [-0.15, -0.1) is 0 Å². The Hall–Kier alpha value is -0.810. The van der Waals surface area contributed by atoms with Crippen LogP contribution in [0.25, 0.3) is 0 Å². The Morgan fingerprint density at radius 2 is 1.25 bits per heavy atom. The lowest BCUT2D eigenvalue weighted by atomic mass is 9.98. The van der Waals surface area contributed by atoms with Gasteiger partial charge in [-0.05, 0) is 46.1 Å². The largest absolute Gasteiger partial charge is 0.345 e. The summed E-state index contributed by atoms with van der Waals surface area (Å²) in [4.78, 5) is 11.8. The first kappa shape index (κ1) is 25.2. The van der Waals surface area contributed by atoms with E-state index in [1.165, 1.54) is 0 Å². The van der Waals surface area contributed by atoms with Crippen molar-refractivity contribution in [2.45, 2.75) is 45.9 Å². The Morgan fingerprint density at radius 1 is 0.821 bits per heavy atom. The highest BCUT2D eigenvalue weighted by molar-refractivity contribution is 7.72. The third kappa shape index (κ3) is 7.22. The molecule has 0 amide bonds. The molecule has 0 saturated carbocycles. The molecule has 0 spiro atoms. The van der Waals surface area contributed by atoms with Gasteiger partial charge in [-0.3, -0.25) is 9.13 Å². The maximum atomic E-state index is 13.5. The van der Waals surface area contributed by atoms with Crippen molar-refractivity contribution in [3.05, 3.63) is 35.9 Å². The number of carbonyl (C=O) groups is 1. The SMILES string of the molecule is CCOP(=O)(OCC)C(C[C@H](C=O)Cc1ccccc1)P(=O)(OCC)OCC. The summed E-state index contributed by atoms with van der Waals surface area (Å²) in [5, 5.41) is -1.18. The third-order valence-corrected chi connectivity index (χ3v) is 10.1. The van der Waals surface area contributed by atoms with Crippen LogP contribution < -0.4 is 0 Å². The Kier molecular flexibility index (Phi) is 11.4. The van der Waals surface area contributed by atoms with Crippen molar-refractivity contribution in [3.63, 3.8) is 0 Å². The smallest absolute Gasteiger partial charge is 0.308 e. The van der Waals surface area contributed by atoms with Gasteiger partial charge in [-0.25, -0.2) is 0 Å². The molecule has 160 valence electrons. The minimum Gasteiger partial charge on any atom is -0.308 e. The molecule has 0 aromatic heterocycles. The summed E-state index contributed by atoms with van der Waals surface area (Å²) < 4.78 is 48.8. The molecule has 0 heterocycles. The maximum absolute atomic E-state index is 13.5. The van der Waals surface area contributed by atoms with Crippen molar-refractivity contribution in [1.29, 1.82) is 0 Å². The van der Waals surface area contributed by atoms with Gasteiger partial charge in [0.25, 0.3) is 0 Å². The first-order valence-electron chi connectivity index (χ1n) is 9.65. The number of hydrogen-bond donors (Lipinski definition) is 0. The Morgan fingerprint density at radius 3 is 1.61 bits per heavy atom. The topological polar surface area (TPSA) is 88.1 Å². The first-order chi connectivity index (χ1) is 13.4. The summed E-state index contributed by atoms with van der Waals surface area (Å²) in [6, 6.07) is 9.46. The second kappa shape index (κ2) is 12.7. The highest BCUT2D eigenvalue weighted by Crippen LogP contribution is 2.71. The molecule has 7 nitrogen and oxygen atoms in total. The molecule has 9 heteroatoms. The summed E-state index contributed by atoms with van der Waals surface area (Å²) in [5.41, 5.74) is 0.948. The van der Waals surface area contributed by atoms with Crippen molar-refractivity contribution in [2.24, 2.45) is 5.92 Å². The third-order valence-electron chi connectivity index (χ3n) is 4.01. The van der Waals surface area contributed by atoms with Gasteiger partial charge in [-0.2, -0.15) is 0 Å². The van der Waals surface area contributed by atoms with Gasteiger partial charge in [0.1, 0.15) is 6.29 Å². The van der Waals surface area contributed by atoms with E-state index in [1.54, 1.807) is 27.7 Å². The van der Waals surface area contributed by atoms with Crippen molar-refractivity contribution >= 4 is 21.5 Å². The monoisotopic (exact) mass is 434 g/mol. The molecule has 0 saturated heterocycles. The second-order valence-electron chi connectivity index (χ2n) is 6.05. The standard InChI is InChI=1S/C19H32O7P2/c1-5-23-27(21,24-6-2)19(28(22,25-7-3)26-8-4)15-18(16-20)14-17-12-10-9-11-13-17/h9-13,16,18-19H,5-8,14-15H2,1-4H3/t18-/m1/s1. The summed E-state index contributed by atoms with van der Waals surface area (Å²) in [6.45, 7) is 7.14. The molecule has 1 rings (SSSR count). The predicted molar refractivity (Wildman–Crippen MR) is 110 cm³/mol. The van der Waals surface area contributed by atoms with Crippen LogP contribution in [0.2, 0.25) is 0 Å². The van der Waals surface area contributed by atoms with Crippen LogP contribution in [0.4, 0.5) is 0 Å². The molecule has 0 bridgehead atoms. The Balaban J connectivity index is 3.28. The number of aldehydes is 1. The van der Waals surface area contributed by atoms with E-state index in [0.717, 1.165) is 11.8 Å². The molecule has 1 atom stereocenters. The normalized spacial score (nSPS) is 13.6. The van der Waals surface area contributed by atoms with E-state index >= 15 is 0 Å². The molecule has 0 N–H and O–H groups in total. The van der Waals surface area contributed by atoms with Crippen LogP contribution in [-0.4, -0.2) is 38.1 Å². The van der Waals surface area contributed by atoms with E-state index in [1.807, 2.05) is 30.3 Å². The maximum Gasteiger partial charge on any atom is 0.345 e. The molecule has 0 radical (unpaired) electrons. The van der Waals surface area contributed by atoms with Crippen LogP contribution in [-0.2, 0) is 38.4 Å². The van der Waals surface area contributed by atoms with Crippen molar-refractivity contribution in [3.8, 4) is 0 Å². The summed E-state index contributed by atoms with van der Waals surface area (Å²) >= 11 is 0. The zero-order valence-electron chi connectivity index (χ0n) is 17.1. The van der Waals surface area contributed by atoms with Gasteiger partial charge >= 0.3 is 15.2 Å². The van der Waals surface area contributed by atoms with Gasteiger partial charge in [0.15, 0.2) is 5.40 Å². The van der Waals surface area contributed by atoms with Crippen LogP contribution in [0.1, 0.15) is 39.7 Å². The fraction of sp³-hybridized carbons (Fsp3) is 0.632. The molecular formula is C19H32O7P2. The van der Waals surface area contributed by atoms with Crippen molar-refractivity contribution < 1.29 is 32.0 Å². The van der Waals surface area contributed by atoms with E-state index in [4.69, 9.17) is 18.1 Å². The molecule has 0 aliphatic rings. The summed E-state index contributed by atoms with van der Waals surface area (Å²) in [5.74, 6) is -0.545. The van der Waals surface area contributed by atoms with Gasteiger partial charge in [0.05, 0.1) is 26.4 Å². The van der Waals surface area contributed by atoms with E-state index in [9.17, 15) is 13.9 Å². The van der Waals surface area contributed by atoms with Crippen LogP contribution in [0.15, 0.2) is 30.3 Å². The van der Waals surface area contributed by atoms with Gasteiger partial charge in [-0.1, -0.05) is 30.3 Å². The fourth-order valence-corrected chi connectivity index (χ4v) is 8.47. The average molecular weight is 434 g/mol. The molecule has 28 heavy (non-hydrogen) atoms. The number of hydrogen-bond acceptors (Lipinski definition) is 7. The molecular weight excluding hydrogens is 402 g/mol. The molecule has 1 aromatic rings. The number of benzene rings is 1. The minimum atomic E-state index is -3.85. The second-order valence-corrected chi connectivity index (χ2v) is 10.9. The molecule has 0 fully saturated rings. The number of rotatable bonds is 15. The van der Waals surface area contributed by atoms with Crippen LogP contribution >= 0.6 is 15.2 Å². The highest BCUT2D eigenvalue weighted by Gasteiger charge is 2.51. The summed E-state index contributed by atoms with van der Waals surface area (Å²) in [6.07, 6.45) is 1.20. The molecule has 0 aliphatic heterocycles. The van der Waals surface area contributed by atoms with Crippen LogP contribution in [0.5, 0.6) is 0 Å². The lowest BCUT2D eigenvalue weighted by molar-refractivity contribution is -0.111. The lowest BCUT2D eigenvalue weighted by Crippen LogP contribution is -2.22. The Labute approximate surface area is 168 Å². The molecule has 1 aromatic carbocycles. The van der Waals surface area contributed by atoms with E-state index in [-0.39, 0.29) is 32.8 Å². The zero-order chi connectivity index (χ0) is 21.0. The predicted octanol–water partition coefficient (Wildman–Crippen LogP) is 5.29. The Bertz CT molecular complexity index is 616. The van der Waals surface area contributed by atoms with E-state index in [2.05, 4.69) is 0 Å². The van der Waals surface area contributed by atoms with Gasteiger partial charge in [0.2, 0.25) is 0 Å². The average Bonchev–Trinajstić information content (AvgIpc) is 2.66. The number of carbonyl (C=O) groups excluding carboxylic acids is 1. The van der Waals surface area contributed by atoms with Crippen LogP contribution in [0, 0.1) is 5.92 Å². The van der Waals surface area contributed by atoms with Gasteiger partial charge in [0, 0.05) is 5.92 Å². The van der Waals surface area contributed by atoms with Crippen LogP contribution in [0.3, 0.4) is 0 Å². The molecule has 0 aliphatic carbocycles. The minimum absolute atomic E-state index is 0.00689. The zero-order valence-corrected chi connectivity index (χ0v) is 18.9. The van der Waals surface area contributed by atoms with E-state index < -0.39 is 26.5 Å². The quantitative estimate of drug-likeness (QED) is 0.274. The van der Waals surface area contributed by atoms with Crippen molar-refractivity contribution in [2.75, 3.05) is 26.4 Å². The first-order valence-corrected chi connectivity index (χ1v) is 12.9. The fourth-order valence-electron chi connectivity index (χ4n) is 2.94. The highest BCUT2D eigenvalue weighted by atomic mass is 31.2. The van der Waals surface area contributed by atoms with Gasteiger partial charge < -0.3 is 22.9 Å². The summed E-state index contributed by atoms with van der Waals surface area (Å²) in [7, 11) is -7.71. The molecule has 0 unspecified atom stereocenters.